The van der Waals surface area contributed by atoms with Gasteiger partial charge in [-0.25, -0.2) is 0 Å². The molecule has 1 aliphatic rings. The molecule has 0 saturated carbocycles. The highest BCUT2D eigenvalue weighted by molar-refractivity contribution is 8.01. The Morgan fingerprint density at radius 3 is 2.56 bits per heavy atom. The molecule has 3 heterocycles. The first kappa shape index (κ1) is 22.2. The van der Waals surface area contributed by atoms with Gasteiger partial charge in [0.2, 0.25) is 11.0 Å². The first-order valence-electron chi connectivity index (χ1n) is 10.1. The number of hydrogen-bond donors (Lipinski definition) is 1. The Labute approximate surface area is 193 Å². The van der Waals surface area contributed by atoms with E-state index >= 15 is 0 Å². The lowest BCUT2D eigenvalue weighted by Gasteiger charge is -2.34. The van der Waals surface area contributed by atoms with Crippen LogP contribution in [-0.4, -0.2) is 70.9 Å². The highest BCUT2D eigenvalue weighted by Crippen LogP contribution is 2.26. The summed E-state index contributed by atoms with van der Waals surface area (Å²) < 4.78 is 11.1. The van der Waals surface area contributed by atoms with Crippen LogP contribution in [0.3, 0.4) is 0 Å². The number of furan rings is 1. The Morgan fingerprint density at radius 2 is 1.88 bits per heavy atom. The number of carbonyl (C=O) groups is 2. The quantitative estimate of drug-likeness (QED) is 0.499. The van der Waals surface area contributed by atoms with Gasteiger partial charge in [0.05, 0.1) is 19.1 Å². The first-order chi connectivity index (χ1) is 15.6. The maximum Gasteiger partial charge on any atom is 0.289 e. The van der Waals surface area contributed by atoms with Crippen LogP contribution in [0.2, 0.25) is 0 Å². The molecule has 9 nitrogen and oxygen atoms in total. The molecule has 0 aliphatic carbocycles. The molecule has 0 radical (unpaired) electrons. The molecule has 32 heavy (non-hydrogen) atoms. The second-order valence-electron chi connectivity index (χ2n) is 7.01. The molecule has 168 valence electrons. The van der Waals surface area contributed by atoms with E-state index in [0.717, 1.165) is 15.7 Å². The van der Waals surface area contributed by atoms with Gasteiger partial charge >= 0.3 is 0 Å². The van der Waals surface area contributed by atoms with Crippen molar-refractivity contribution in [3.05, 3.63) is 54.0 Å². The van der Waals surface area contributed by atoms with Gasteiger partial charge in [-0.2, -0.15) is 0 Å². The van der Waals surface area contributed by atoms with E-state index in [9.17, 15) is 9.59 Å². The molecule has 1 N–H and O–H groups in total. The monoisotopic (exact) mass is 473 g/mol. The normalized spacial score (nSPS) is 13.8. The maximum absolute atomic E-state index is 12.6. The molecule has 2 amide bonds. The van der Waals surface area contributed by atoms with E-state index in [0.29, 0.717) is 49.4 Å². The van der Waals surface area contributed by atoms with Crippen LogP contribution in [0.5, 0.6) is 5.75 Å². The number of rotatable bonds is 8. The fourth-order valence-electron chi connectivity index (χ4n) is 3.19. The number of nitrogens with zero attached hydrogens (tertiary/aromatic N) is 4. The molecular weight excluding hydrogens is 450 g/mol. The minimum Gasteiger partial charge on any atom is -0.497 e. The SMILES string of the molecule is COc1ccc(CNc2nnc(SCC(=O)N3CCN(C(=O)c4ccco4)CC3)s2)cc1. The Kier molecular flexibility index (Phi) is 7.28. The summed E-state index contributed by atoms with van der Waals surface area (Å²) >= 11 is 2.80. The van der Waals surface area contributed by atoms with Crippen LogP contribution in [0.4, 0.5) is 5.13 Å². The largest absolute Gasteiger partial charge is 0.497 e. The predicted molar refractivity (Wildman–Crippen MR) is 122 cm³/mol. The zero-order valence-corrected chi connectivity index (χ0v) is 19.2. The number of aromatic nitrogens is 2. The fourth-order valence-corrected chi connectivity index (χ4v) is 4.84. The molecule has 1 aliphatic heterocycles. The number of methoxy groups -OCH3 is 1. The van der Waals surface area contributed by atoms with Gasteiger partial charge in [0.15, 0.2) is 10.1 Å². The van der Waals surface area contributed by atoms with Crippen molar-refractivity contribution in [2.75, 3.05) is 44.4 Å². The van der Waals surface area contributed by atoms with Crippen LogP contribution in [0.1, 0.15) is 16.1 Å². The van der Waals surface area contributed by atoms with E-state index in [1.54, 1.807) is 29.0 Å². The van der Waals surface area contributed by atoms with Gasteiger partial charge in [-0.05, 0) is 29.8 Å². The average molecular weight is 474 g/mol. The van der Waals surface area contributed by atoms with Crippen molar-refractivity contribution in [2.45, 2.75) is 10.9 Å². The number of nitrogens with one attached hydrogen (secondary N) is 1. The van der Waals surface area contributed by atoms with Crippen molar-refractivity contribution in [3.8, 4) is 5.75 Å². The van der Waals surface area contributed by atoms with Crippen molar-refractivity contribution in [3.63, 3.8) is 0 Å². The Bertz CT molecular complexity index is 1030. The van der Waals surface area contributed by atoms with Gasteiger partial charge in [0, 0.05) is 32.7 Å². The van der Waals surface area contributed by atoms with Crippen molar-refractivity contribution >= 4 is 40.0 Å². The zero-order valence-electron chi connectivity index (χ0n) is 17.5. The van der Waals surface area contributed by atoms with Crippen LogP contribution in [-0.2, 0) is 11.3 Å². The summed E-state index contributed by atoms with van der Waals surface area (Å²) in [4.78, 5) is 28.4. The molecule has 0 bridgehead atoms. The number of anilines is 1. The Morgan fingerprint density at radius 1 is 1.12 bits per heavy atom. The molecule has 0 spiro atoms. The fraction of sp³-hybridized carbons (Fsp3) is 0.333. The Balaban J connectivity index is 1.19. The number of piperazine rings is 1. The molecule has 11 heteroatoms. The van der Waals surface area contributed by atoms with Crippen molar-refractivity contribution in [1.29, 1.82) is 0 Å². The number of amides is 2. The Hall–Kier alpha value is -3.05. The molecule has 1 fully saturated rings. The number of hydrogen-bond acceptors (Lipinski definition) is 9. The highest BCUT2D eigenvalue weighted by atomic mass is 32.2. The van der Waals surface area contributed by atoms with Gasteiger partial charge in [-0.15, -0.1) is 10.2 Å². The van der Waals surface area contributed by atoms with E-state index in [4.69, 9.17) is 9.15 Å². The zero-order chi connectivity index (χ0) is 22.3. The van der Waals surface area contributed by atoms with Gasteiger partial charge in [-0.3, -0.25) is 9.59 Å². The second-order valence-corrected chi connectivity index (χ2v) is 9.21. The van der Waals surface area contributed by atoms with E-state index in [1.807, 2.05) is 24.3 Å². The third kappa shape index (κ3) is 5.60. The second kappa shape index (κ2) is 10.5. The van der Waals surface area contributed by atoms with Crippen molar-refractivity contribution in [2.24, 2.45) is 0 Å². The number of ether oxygens (including phenoxy) is 1. The lowest BCUT2D eigenvalue weighted by molar-refractivity contribution is -0.129. The minimum absolute atomic E-state index is 0.0306. The molecular formula is C21H23N5O4S2. The average Bonchev–Trinajstić information content (AvgIpc) is 3.54. The topological polar surface area (TPSA) is 101 Å². The summed E-state index contributed by atoms with van der Waals surface area (Å²) in [5.41, 5.74) is 1.11. The van der Waals surface area contributed by atoms with E-state index < -0.39 is 0 Å². The van der Waals surface area contributed by atoms with Crippen molar-refractivity contribution < 1.29 is 18.7 Å². The van der Waals surface area contributed by atoms with E-state index in [-0.39, 0.29) is 11.8 Å². The molecule has 0 unspecified atom stereocenters. The summed E-state index contributed by atoms with van der Waals surface area (Å²) in [5, 5.41) is 12.3. The number of thioether (sulfide) groups is 1. The number of benzene rings is 1. The first-order valence-corrected chi connectivity index (χ1v) is 11.9. The van der Waals surface area contributed by atoms with Gasteiger partial charge in [0.1, 0.15) is 5.75 Å². The third-order valence-electron chi connectivity index (χ3n) is 4.98. The molecule has 1 aromatic carbocycles. The van der Waals surface area contributed by atoms with E-state index in [1.165, 1.54) is 29.4 Å². The van der Waals surface area contributed by atoms with Crippen LogP contribution in [0.15, 0.2) is 51.4 Å². The van der Waals surface area contributed by atoms with Gasteiger partial charge < -0.3 is 24.3 Å². The highest BCUT2D eigenvalue weighted by Gasteiger charge is 2.26. The summed E-state index contributed by atoms with van der Waals surface area (Å²) in [7, 11) is 1.64. The van der Waals surface area contributed by atoms with Gasteiger partial charge in [0.25, 0.3) is 5.91 Å². The lowest BCUT2D eigenvalue weighted by atomic mass is 10.2. The summed E-state index contributed by atoms with van der Waals surface area (Å²) in [6.07, 6.45) is 1.48. The molecule has 4 rings (SSSR count). The number of carbonyl (C=O) groups excluding carboxylic acids is 2. The predicted octanol–water partition coefficient (Wildman–Crippen LogP) is 2.83. The van der Waals surface area contributed by atoms with Crippen LogP contribution < -0.4 is 10.1 Å². The van der Waals surface area contributed by atoms with Crippen molar-refractivity contribution in [1.82, 2.24) is 20.0 Å². The smallest absolute Gasteiger partial charge is 0.289 e. The van der Waals surface area contributed by atoms with Crippen LogP contribution in [0.25, 0.3) is 0 Å². The summed E-state index contributed by atoms with van der Waals surface area (Å²) in [6.45, 7) is 2.64. The van der Waals surface area contributed by atoms with Crippen LogP contribution >= 0.6 is 23.1 Å². The molecule has 3 aromatic rings. The summed E-state index contributed by atoms with van der Waals surface area (Å²) in [5.74, 6) is 1.33. The summed E-state index contributed by atoms with van der Waals surface area (Å²) in [6, 6.07) is 11.1. The molecule has 1 saturated heterocycles. The van der Waals surface area contributed by atoms with Gasteiger partial charge in [-0.1, -0.05) is 35.2 Å². The molecule has 0 atom stereocenters. The minimum atomic E-state index is -0.139. The lowest BCUT2D eigenvalue weighted by Crippen LogP contribution is -2.51. The molecule has 2 aromatic heterocycles. The standard InChI is InChI=1S/C21H23N5O4S2/c1-29-16-6-4-15(5-7-16)13-22-20-23-24-21(32-20)31-14-18(27)25-8-10-26(11-9-25)19(28)17-3-2-12-30-17/h2-7,12H,8-11,13-14H2,1H3,(H,22,23). The maximum atomic E-state index is 12.6. The third-order valence-corrected chi connectivity index (χ3v) is 6.98. The van der Waals surface area contributed by atoms with E-state index in [2.05, 4.69) is 15.5 Å². The van der Waals surface area contributed by atoms with Crippen LogP contribution in [0, 0.1) is 0 Å².